The maximum Gasteiger partial charge on any atom is 0.302 e. The maximum absolute atomic E-state index is 10.7. The van der Waals surface area contributed by atoms with E-state index in [-0.39, 0.29) is 18.2 Å². The quantitative estimate of drug-likeness (QED) is 0.560. The molecule has 3 nitrogen and oxygen atoms in total. The molecule has 1 heterocycles. The van der Waals surface area contributed by atoms with Crippen LogP contribution >= 0.6 is 0 Å². The molecule has 1 fully saturated rings. The Balaban J connectivity index is 2.43. The van der Waals surface area contributed by atoms with Crippen molar-refractivity contribution in [3.63, 3.8) is 0 Å². The van der Waals surface area contributed by atoms with Gasteiger partial charge in [0.2, 0.25) is 0 Å². The lowest BCUT2D eigenvalue weighted by molar-refractivity contribution is -0.163. The van der Waals surface area contributed by atoms with Crippen LogP contribution in [0.15, 0.2) is 0 Å². The largest absolute Gasteiger partial charge is 0.460 e. The van der Waals surface area contributed by atoms with Gasteiger partial charge in [-0.05, 0) is 19.3 Å². The molecule has 3 atom stereocenters. The van der Waals surface area contributed by atoms with Crippen LogP contribution in [0.4, 0.5) is 0 Å². The number of carbonyl (C=O) groups is 1. The lowest BCUT2D eigenvalue weighted by atomic mass is 9.98. The lowest BCUT2D eigenvalue weighted by Gasteiger charge is -2.32. The first-order valence-electron chi connectivity index (χ1n) is 4.38. The van der Waals surface area contributed by atoms with Crippen LogP contribution in [-0.2, 0) is 14.3 Å². The van der Waals surface area contributed by atoms with Crippen molar-refractivity contribution in [2.45, 2.75) is 39.4 Å². The summed E-state index contributed by atoms with van der Waals surface area (Å²) in [6.45, 7) is 6.26. The maximum atomic E-state index is 10.7. The van der Waals surface area contributed by atoms with E-state index in [1.807, 2.05) is 6.92 Å². The van der Waals surface area contributed by atoms with Crippen molar-refractivity contribution >= 4 is 5.97 Å². The molecule has 0 N–H and O–H groups in total. The summed E-state index contributed by atoms with van der Waals surface area (Å²) in [7, 11) is 0. The smallest absolute Gasteiger partial charge is 0.302 e. The topological polar surface area (TPSA) is 35.5 Å². The minimum Gasteiger partial charge on any atom is -0.460 e. The molecule has 1 saturated heterocycles. The van der Waals surface area contributed by atoms with Crippen molar-refractivity contribution in [2.75, 3.05) is 6.61 Å². The molecule has 0 radical (unpaired) electrons. The zero-order valence-corrected chi connectivity index (χ0v) is 7.87. The second kappa shape index (κ2) is 3.90. The molecule has 12 heavy (non-hydrogen) atoms. The van der Waals surface area contributed by atoms with E-state index in [1.54, 1.807) is 0 Å². The van der Waals surface area contributed by atoms with Crippen LogP contribution in [0.2, 0.25) is 0 Å². The molecule has 70 valence electrons. The monoisotopic (exact) mass is 172 g/mol. The number of hydrogen-bond acceptors (Lipinski definition) is 3. The molecule has 0 amide bonds. The average Bonchev–Trinajstić information content (AvgIpc) is 1.96. The van der Waals surface area contributed by atoms with Gasteiger partial charge in [-0.1, -0.05) is 6.92 Å². The second-order valence-electron chi connectivity index (χ2n) is 3.53. The van der Waals surface area contributed by atoms with Gasteiger partial charge in [-0.15, -0.1) is 0 Å². The summed E-state index contributed by atoms with van der Waals surface area (Å²) in [5.41, 5.74) is 0. The van der Waals surface area contributed by atoms with Crippen molar-refractivity contribution in [3.8, 4) is 0 Å². The van der Waals surface area contributed by atoms with Crippen molar-refractivity contribution < 1.29 is 14.3 Å². The Kier molecular flexibility index (Phi) is 3.09. The second-order valence-corrected chi connectivity index (χ2v) is 3.53. The fourth-order valence-electron chi connectivity index (χ4n) is 1.44. The number of rotatable bonds is 1. The van der Waals surface area contributed by atoms with Gasteiger partial charge in [-0.3, -0.25) is 4.79 Å². The molecule has 1 aliphatic heterocycles. The van der Waals surface area contributed by atoms with Gasteiger partial charge >= 0.3 is 5.97 Å². The molecule has 0 aliphatic carbocycles. The molecular formula is C9H16O3. The van der Waals surface area contributed by atoms with Gasteiger partial charge in [0.1, 0.15) is 6.10 Å². The van der Waals surface area contributed by atoms with Gasteiger partial charge in [0, 0.05) is 13.5 Å². The fourth-order valence-corrected chi connectivity index (χ4v) is 1.44. The summed E-state index contributed by atoms with van der Waals surface area (Å²) in [6, 6.07) is 0. The predicted octanol–water partition coefficient (Wildman–Crippen LogP) is 1.36. The first-order valence-corrected chi connectivity index (χ1v) is 4.38. The molecule has 3 heteroatoms. The third-order valence-electron chi connectivity index (χ3n) is 2.12. The Morgan fingerprint density at radius 1 is 1.50 bits per heavy atom. The van der Waals surface area contributed by atoms with Crippen molar-refractivity contribution in [2.24, 2.45) is 5.92 Å². The van der Waals surface area contributed by atoms with E-state index in [0.29, 0.717) is 5.92 Å². The standard InChI is InChI=1S/C9H16O3/c1-6-4-9(12-8(3)10)7(2)11-5-6/h6-7,9H,4-5H2,1-3H3/t6-,7?,9?/m0/s1. The molecule has 0 spiro atoms. The van der Waals surface area contributed by atoms with E-state index in [1.165, 1.54) is 6.92 Å². The lowest BCUT2D eigenvalue weighted by Crippen LogP contribution is -2.38. The normalized spacial score (nSPS) is 36.1. The molecule has 0 aromatic rings. The highest BCUT2D eigenvalue weighted by atomic mass is 16.6. The van der Waals surface area contributed by atoms with Gasteiger partial charge in [0.25, 0.3) is 0 Å². The molecule has 0 aromatic carbocycles. The third kappa shape index (κ3) is 2.48. The minimum absolute atomic E-state index is 0.0464. The summed E-state index contributed by atoms with van der Waals surface area (Å²) in [4.78, 5) is 10.7. The Hall–Kier alpha value is -0.570. The van der Waals surface area contributed by atoms with E-state index < -0.39 is 0 Å². The van der Waals surface area contributed by atoms with Crippen molar-refractivity contribution in [3.05, 3.63) is 0 Å². The number of ether oxygens (including phenoxy) is 2. The van der Waals surface area contributed by atoms with Crippen molar-refractivity contribution in [1.29, 1.82) is 0 Å². The van der Waals surface area contributed by atoms with Crippen LogP contribution < -0.4 is 0 Å². The highest BCUT2D eigenvalue weighted by Gasteiger charge is 2.28. The third-order valence-corrected chi connectivity index (χ3v) is 2.12. The first kappa shape index (κ1) is 9.52. The number of carbonyl (C=O) groups excluding carboxylic acids is 1. The van der Waals surface area contributed by atoms with E-state index >= 15 is 0 Å². The van der Waals surface area contributed by atoms with Gasteiger partial charge in [-0.2, -0.15) is 0 Å². The molecule has 0 bridgehead atoms. The highest BCUT2D eigenvalue weighted by Crippen LogP contribution is 2.21. The molecule has 0 aromatic heterocycles. The van der Waals surface area contributed by atoms with Gasteiger partial charge in [0.05, 0.1) is 6.10 Å². The Labute approximate surface area is 73.0 Å². The average molecular weight is 172 g/mol. The van der Waals surface area contributed by atoms with Crippen molar-refractivity contribution in [1.82, 2.24) is 0 Å². The molecular weight excluding hydrogens is 156 g/mol. The van der Waals surface area contributed by atoms with E-state index in [4.69, 9.17) is 9.47 Å². The Morgan fingerprint density at radius 2 is 2.17 bits per heavy atom. The van der Waals surface area contributed by atoms with Crippen LogP contribution in [-0.4, -0.2) is 24.8 Å². The van der Waals surface area contributed by atoms with E-state index in [0.717, 1.165) is 13.0 Å². The zero-order valence-electron chi connectivity index (χ0n) is 7.87. The zero-order chi connectivity index (χ0) is 9.14. The summed E-state index contributed by atoms with van der Waals surface area (Å²) in [6.07, 6.45) is 0.914. The van der Waals surface area contributed by atoms with Crippen LogP contribution in [0.3, 0.4) is 0 Å². The van der Waals surface area contributed by atoms with Gasteiger partial charge in [-0.25, -0.2) is 0 Å². The van der Waals surface area contributed by atoms with Crippen LogP contribution in [0.25, 0.3) is 0 Å². The SMILES string of the molecule is CC(=O)OC1C[C@H](C)COC1C. The van der Waals surface area contributed by atoms with E-state index in [9.17, 15) is 4.79 Å². The van der Waals surface area contributed by atoms with Gasteiger partial charge in [0.15, 0.2) is 0 Å². The van der Waals surface area contributed by atoms with Crippen LogP contribution in [0.5, 0.6) is 0 Å². The number of hydrogen-bond donors (Lipinski definition) is 0. The fraction of sp³-hybridized carbons (Fsp3) is 0.889. The molecule has 0 saturated carbocycles. The first-order chi connectivity index (χ1) is 5.59. The Morgan fingerprint density at radius 3 is 2.75 bits per heavy atom. The molecule has 1 rings (SSSR count). The summed E-state index contributed by atoms with van der Waals surface area (Å²) < 4.78 is 10.5. The van der Waals surface area contributed by atoms with E-state index in [2.05, 4.69) is 6.92 Å². The molecule has 1 aliphatic rings. The predicted molar refractivity (Wildman–Crippen MR) is 44.7 cm³/mol. The molecule has 2 unspecified atom stereocenters. The van der Waals surface area contributed by atoms with Crippen LogP contribution in [0.1, 0.15) is 27.2 Å². The summed E-state index contributed by atoms with van der Waals surface area (Å²) >= 11 is 0. The highest BCUT2D eigenvalue weighted by molar-refractivity contribution is 5.66. The minimum atomic E-state index is -0.218. The summed E-state index contributed by atoms with van der Waals surface area (Å²) in [5, 5.41) is 0. The number of esters is 1. The van der Waals surface area contributed by atoms with Crippen LogP contribution in [0, 0.1) is 5.92 Å². The van der Waals surface area contributed by atoms with Gasteiger partial charge < -0.3 is 9.47 Å². The Bertz CT molecular complexity index is 167. The summed E-state index contributed by atoms with van der Waals surface area (Å²) in [5.74, 6) is 0.273.